The maximum absolute atomic E-state index is 12.2. The van der Waals surface area contributed by atoms with Crippen molar-refractivity contribution in [3.63, 3.8) is 0 Å². The van der Waals surface area contributed by atoms with Gasteiger partial charge in [0.2, 0.25) is 5.12 Å². The van der Waals surface area contributed by atoms with Gasteiger partial charge in [-0.1, -0.05) is 36.4 Å². The Morgan fingerprint density at radius 2 is 2.22 bits per heavy atom. The molecule has 2 aliphatic rings. The number of fused-ring (bicyclic) bond motifs is 3. The summed E-state index contributed by atoms with van der Waals surface area (Å²) in [6.07, 6.45) is 1.78. The zero-order valence-corrected chi connectivity index (χ0v) is 10.8. The second kappa shape index (κ2) is 3.60. The van der Waals surface area contributed by atoms with E-state index in [0.717, 1.165) is 21.6 Å². The van der Waals surface area contributed by atoms with Crippen LogP contribution in [-0.2, 0) is 4.79 Å². The van der Waals surface area contributed by atoms with Crippen molar-refractivity contribution in [3.8, 4) is 6.07 Å². The normalized spacial score (nSPS) is 28.3. The highest BCUT2D eigenvalue weighted by Gasteiger charge is 2.57. The molecule has 0 saturated heterocycles. The van der Waals surface area contributed by atoms with Crippen LogP contribution in [0.15, 0.2) is 53.0 Å². The standard InChI is InChI=1S/C15H11NOS/c1-9(2)11-7-15(8-16)13(11)10-5-3-4-6-12(10)18-14(15)17/h3-7,13H,1H2,2H3/t13-,15-/m1/s1. The van der Waals surface area contributed by atoms with E-state index in [2.05, 4.69) is 12.6 Å². The third-order valence-corrected chi connectivity index (χ3v) is 4.71. The molecule has 1 heterocycles. The van der Waals surface area contributed by atoms with Crippen LogP contribution in [0.5, 0.6) is 0 Å². The van der Waals surface area contributed by atoms with Crippen molar-refractivity contribution in [1.82, 2.24) is 0 Å². The van der Waals surface area contributed by atoms with E-state index in [0.29, 0.717) is 0 Å². The molecule has 18 heavy (non-hydrogen) atoms. The minimum absolute atomic E-state index is 0.0706. The van der Waals surface area contributed by atoms with E-state index in [-0.39, 0.29) is 11.0 Å². The summed E-state index contributed by atoms with van der Waals surface area (Å²) in [7, 11) is 0. The number of carbonyl (C=O) groups is 1. The Balaban J connectivity index is 2.25. The largest absolute Gasteiger partial charge is 0.285 e. The summed E-state index contributed by atoms with van der Waals surface area (Å²) < 4.78 is 0. The highest BCUT2D eigenvalue weighted by Crippen LogP contribution is 2.60. The molecule has 3 heteroatoms. The van der Waals surface area contributed by atoms with Crippen molar-refractivity contribution in [1.29, 1.82) is 5.26 Å². The second-order valence-corrected chi connectivity index (χ2v) is 5.74. The van der Waals surface area contributed by atoms with Gasteiger partial charge in [0.25, 0.3) is 0 Å². The van der Waals surface area contributed by atoms with Crippen molar-refractivity contribution >= 4 is 16.9 Å². The lowest BCUT2D eigenvalue weighted by molar-refractivity contribution is -0.116. The van der Waals surface area contributed by atoms with Gasteiger partial charge in [0.05, 0.1) is 6.07 Å². The molecule has 88 valence electrons. The van der Waals surface area contributed by atoms with Crippen molar-refractivity contribution in [2.24, 2.45) is 5.41 Å². The number of nitriles is 1. The molecule has 1 aromatic rings. The summed E-state index contributed by atoms with van der Waals surface area (Å²) in [6, 6.07) is 10.0. The lowest BCUT2D eigenvalue weighted by Gasteiger charge is -2.45. The molecule has 0 bridgehead atoms. The van der Waals surface area contributed by atoms with E-state index < -0.39 is 5.41 Å². The van der Waals surface area contributed by atoms with Gasteiger partial charge < -0.3 is 0 Å². The Hall–Kier alpha value is -1.79. The summed E-state index contributed by atoms with van der Waals surface area (Å²) in [5.74, 6) is -0.134. The lowest BCUT2D eigenvalue weighted by atomic mass is 9.59. The third-order valence-electron chi connectivity index (χ3n) is 3.60. The van der Waals surface area contributed by atoms with Crippen LogP contribution >= 0.6 is 11.8 Å². The van der Waals surface area contributed by atoms with Gasteiger partial charge in [-0.2, -0.15) is 5.26 Å². The average molecular weight is 253 g/mol. The molecule has 2 atom stereocenters. The molecule has 1 aliphatic carbocycles. The van der Waals surface area contributed by atoms with E-state index in [4.69, 9.17) is 0 Å². The summed E-state index contributed by atoms with van der Waals surface area (Å²) in [4.78, 5) is 13.2. The topological polar surface area (TPSA) is 40.9 Å². The Bertz CT molecular complexity index is 653. The smallest absolute Gasteiger partial charge is 0.218 e. The number of benzene rings is 1. The van der Waals surface area contributed by atoms with Crippen LogP contribution in [0, 0.1) is 16.7 Å². The Morgan fingerprint density at radius 1 is 1.50 bits per heavy atom. The first-order valence-corrected chi connectivity index (χ1v) is 6.53. The molecule has 0 aromatic heterocycles. The first-order chi connectivity index (χ1) is 8.60. The quantitative estimate of drug-likeness (QED) is 0.770. The van der Waals surface area contributed by atoms with Crippen LogP contribution < -0.4 is 0 Å². The molecule has 0 radical (unpaired) electrons. The zero-order chi connectivity index (χ0) is 12.9. The van der Waals surface area contributed by atoms with Crippen molar-refractivity contribution < 1.29 is 4.79 Å². The molecule has 1 aliphatic heterocycles. The van der Waals surface area contributed by atoms with Gasteiger partial charge in [-0.25, -0.2) is 0 Å². The minimum Gasteiger partial charge on any atom is -0.285 e. The van der Waals surface area contributed by atoms with Gasteiger partial charge in [-0.15, -0.1) is 0 Å². The van der Waals surface area contributed by atoms with E-state index in [1.165, 1.54) is 11.8 Å². The molecule has 2 nitrogen and oxygen atoms in total. The van der Waals surface area contributed by atoms with E-state index >= 15 is 0 Å². The van der Waals surface area contributed by atoms with Crippen LogP contribution in [0.25, 0.3) is 0 Å². The van der Waals surface area contributed by atoms with Crippen LogP contribution in [0.3, 0.4) is 0 Å². The van der Waals surface area contributed by atoms with Crippen LogP contribution in [0.1, 0.15) is 18.4 Å². The highest BCUT2D eigenvalue weighted by atomic mass is 32.2. The minimum atomic E-state index is -0.979. The summed E-state index contributed by atoms with van der Waals surface area (Å²) in [5.41, 5.74) is 2.05. The van der Waals surface area contributed by atoms with Crippen LogP contribution in [0.4, 0.5) is 0 Å². The molecule has 0 saturated carbocycles. The number of rotatable bonds is 1. The predicted octanol–water partition coefficient (Wildman–Crippen LogP) is 3.43. The molecule has 1 aromatic carbocycles. The highest BCUT2D eigenvalue weighted by molar-refractivity contribution is 8.14. The first-order valence-electron chi connectivity index (χ1n) is 5.71. The van der Waals surface area contributed by atoms with Gasteiger partial charge in [0, 0.05) is 10.8 Å². The molecule has 0 spiro atoms. The van der Waals surface area contributed by atoms with Gasteiger partial charge in [0.15, 0.2) is 5.41 Å². The van der Waals surface area contributed by atoms with E-state index in [1.807, 2.05) is 31.2 Å². The van der Waals surface area contributed by atoms with Crippen LogP contribution in [0.2, 0.25) is 0 Å². The predicted molar refractivity (Wildman–Crippen MR) is 71.0 cm³/mol. The van der Waals surface area contributed by atoms with Gasteiger partial charge >= 0.3 is 0 Å². The molecule has 0 amide bonds. The average Bonchev–Trinajstić information content (AvgIpc) is 2.30. The maximum atomic E-state index is 12.2. The number of hydrogen-bond donors (Lipinski definition) is 0. The van der Waals surface area contributed by atoms with E-state index in [9.17, 15) is 10.1 Å². The number of allylic oxidation sites excluding steroid dienone is 3. The SMILES string of the molecule is C=C(C)C1=C[C@]2(C#N)C(=O)Sc3ccccc3[C@H]12. The fourth-order valence-corrected chi connectivity index (χ4v) is 3.70. The second-order valence-electron chi connectivity index (χ2n) is 4.72. The first kappa shape index (κ1) is 11.3. The van der Waals surface area contributed by atoms with Gasteiger partial charge in [-0.05, 0) is 35.9 Å². The maximum Gasteiger partial charge on any atom is 0.218 e. The lowest BCUT2D eigenvalue weighted by Crippen LogP contribution is -2.43. The van der Waals surface area contributed by atoms with Crippen molar-refractivity contribution in [2.75, 3.05) is 0 Å². The molecular weight excluding hydrogens is 242 g/mol. The summed E-state index contributed by atoms with van der Waals surface area (Å²) >= 11 is 1.18. The molecule has 0 fully saturated rings. The Labute approximate surface area is 110 Å². The summed E-state index contributed by atoms with van der Waals surface area (Å²) in [6.45, 7) is 5.85. The number of hydrogen-bond acceptors (Lipinski definition) is 3. The fraction of sp³-hybridized carbons (Fsp3) is 0.200. The molecule has 0 unspecified atom stereocenters. The Morgan fingerprint density at radius 3 is 2.89 bits per heavy atom. The number of thioether (sulfide) groups is 1. The fourth-order valence-electron chi connectivity index (χ4n) is 2.66. The van der Waals surface area contributed by atoms with Crippen molar-refractivity contribution in [3.05, 3.63) is 53.6 Å². The van der Waals surface area contributed by atoms with Gasteiger partial charge in [0.1, 0.15) is 0 Å². The molecule has 3 rings (SSSR count). The van der Waals surface area contributed by atoms with Crippen molar-refractivity contribution in [2.45, 2.75) is 17.7 Å². The number of carbonyl (C=O) groups excluding carboxylic acids is 1. The zero-order valence-electron chi connectivity index (χ0n) is 9.93. The van der Waals surface area contributed by atoms with Crippen LogP contribution in [-0.4, -0.2) is 5.12 Å². The van der Waals surface area contributed by atoms with E-state index in [1.54, 1.807) is 6.08 Å². The van der Waals surface area contributed by atoms with Gasteiger partial charge in [-0.3, -0.25) is 4.79 Å². The summed E-state index contributed by atoms with van der Waals surface area (Å²) in [5, 5.41) is 9.34. The number of nitrogens with zero attached hydrogens (tertiary/aromatic N) is 1. The third kappa shape index (κ3) is 1.21. The molecular formula is C15H11NOS. The molecule has 0 N–H and O–H groups in total. The Kier molecular flexibility index (Phi) is 2.26. The monoisotopic (exact) mass is 253 g/mol.